The SMILES string of the molecule is CCCCCCCCCC(C)c1ccc(C(=O)O)cc1. The number of aromatic carboxylic acids is 1. The van der Waals surface area contributed by atoms with E-state index in [0.29, 0.717) is 11.5 Å². The van der Waals surface area contributed by atoms with E-state index in [-0.39, 0.29) is 0 Å². The molecule has 0 bridgehead atoms. The Hall–Kier alpha value is -1.31. The van der Waals surface area contributed by atoms with Gasteiger partial charge in [-0.3, -0.25) is 0 Å². The Morgan fingerprint density at radius 2 is 1.55 bits per heavy atom. The molecule has 20 heavy (non-hydrogen) atoms. The standard InChI is InChI=1S/C18H28O2/c1-3-4-5-6-7-8-9-10-15(2)16-11-13-17(14-12-16)18(19)20/h11-15H,3-10H2,1-2H3,(H,19,20). The summed E-state index contributed by atoms with van der Waals surface area (Å²) in [4.78, 5) is 10.8. The summed E-state index contributed by atoms with van der Waals surface area (Å²) in [5.74, 6) is -0.329. The lowest BCUT2D eigenvalue weighted by Crippen LogP contribution is -1.98. The number of carbonyl (C=O) groups is 1. The lowest BCUT2D eigenvalue weighted by molar-refractivity contribution is 0.0697. The summed E-state index contributed by atoms with van der Waals surface area (Å²) in [6.45, 7) is 4.48. The molecular formula is C18H28O2. The Kier molecular flexibility index (Phi) is 8.01. The van der Waals surface area contributed by atoms with E-state index < -0.39 is 5.97 Å². The van der Waals surface area contributed by atoms with Crippen LogP contribution in [-0.2, 0) is 0 Å². The molecule has 1 aromatic rings. The fourth-order valence-electron chi connectivity index (χ4n) is 2.53. The van der Waals surface area contributed by atoms with Crippen molar-refractivity contribution in [1.82, 2.24) is 0 Å². The maximum absolute atomic E-state index is 10.8. The fraction of sp³-hybridized carbons (Fsp3) is 0.611. The van der Waals surface area contributed by atoms with Gasteiger partial charge in [0.2, 0.25) is 0 Å². The van der Waals surface area contributed by atoms with Crippen molar-refractivity contribution in [3.05, 3.63) is 35.4 Å². The average Bonchev–Trinajstić information content (AvgIpc) is 2.46. The van der Waals surface area contributed by atoms with Crippen molar-refractivity contribution < 1.29 is 9.90 Å². The van der Waals surface area contributed by atoms with Gasteiger partial charge < -0.3 is 5.11 Å². The van der Waals surface area contributed by atoms with Crippen LogP contribution in [0.15, 0.2) is 24.3 Å². The molecule has 0 aliphatic carbocycles. The first-order valence-corrected chi connectivity index (χ1v) is 7.98. The van der Waals surface area contributed by atoms with Gasteiger partial charge in [-0.05, 0) is 30.0 Å². The molecule has 1 N–H and O–H groups in total. The van der Waals surface area contributed by atoms with Crippen LogP contribution in [0.2, 0.25) is 0 Å². The largest absolute Gasteiger partial charge is 0.478 e. The number of hydrogen-bond donors (Lipinski definition) is 1. The van der Waals surface area contributed by atoms with Crippen LogP contribution in [0.25, 0.3) is 0 Å². The summed E-state index contributed by atoms with van der Waals surface area (Å²) in [5, 5.41) is 8.88. The van der Waals surface area contributed by atoms with E-state index in [0.717, 1.165) is 0 Å². The maximum Gasteiger partial charge on any atom is 0.335 e. The van der Waals surface area contributed by atoms with E-state index in [2.05, 4.69) is 13.8 Å². The van der Waals surface area contributed by atoms with Gasteiger partial charge in [0.05, 0.1) is 5.56 Å². The zero-order valence-corrected chi connectivity index (χ0v) is 12.9. The topological polar surface area (TPSA) is 37.3 Å². The highest BCUT2D eigenvalue weighted by atomic mass is 16.4. The second-order valence-corrected chi connectivity index (χ2v) is 5.74. The van der Waals surface area contributed by atoms with Crippen LogP contribution >= 0.6 is 0 Å². The van der Waals surface area contributed by atoms with E-state index in [1.165, 1.54) is 56.9 Å². The number of benzene rings is 1. The van der Waals surface area contributed by atoms with Crippen LogP contribution in [0.5, 0.6) is 0 Å². The third-order valence-corrected chi connectivity index (χ3v) is 3.97. The average molecular weight is 276 g/mol. The van der Waals surface area contributed by atoms with Crippen LogP contribution in [-0.4, -0.2) is 11.1 Å². The lowest BCUT2D eigenvalue weighted by Gasteiger charge is -2.12. The maximum atomic E-state index is 10.8. The first kappa shape index (κ1) is 16.7. The first-order valence-electron chi connectivity index (χ1n) is 7.98. The smallest absolute Gasteiger partial charge is 0.335 e. The zero-order valence-electron chi connectivity index (χ0n) is 12.9. The molecule has 0 fully saturated rings. The molecule has 1 rings (SSSR count). The Morgan fingerprint density at radius 3 is 2.10 bits per heavy atom. The molecular weight excluding hydrogens is 248 g/mol. The number of hydrogen-bond acceptors (Lipinski definition) is 1. The zero-order chi connectivity index (χ0) is 14.8. The van der Waals surface area contributed by atoms with Gasteiger partial charge in [-0.2, -0.15) is 0 Å². The Labute approximate surface area is 123 Å². The summed E-state index contributed by atoms with van der Waals surface area (Å²) in [5.41, 5.74) is 1.62. The first-order chi connectivity index (χ1) is 9.65. The molecule has 2 nitrogen and oxygen atoms in total. The summed E-state index contributed by atoms with van der Waals surface area (Å²) in [6.07, 6.45) is 10.6. The summed E-state index contributed by atoms with van der Waals surface area (Å²) in [7, 11) is 0. The van der Waals surface area contributed by atoms with Gasteiger partial charge >= 0.3 is 5.97 Å². The quantitative estimate of drug-likeness (QED) is 0.562. The van der Waals surface area contributed by atoms with E-state index in [4.69, 9.17) is 5.11 Å². The molecule has 0 saturated carbocycles. The molecule has 0 aromatic heterocycles. The third kappa shape index (κ3) is 6.23. The van der Waals surface area contributed by atoms with Crippen molar-refractivity contribution in [3.8, 4) is 0 Å². The molecule has 0 aliphatic rings. The molecule has 0 heterocycles. The van der Waals surface area contributed by atoms with Crippen molar-refractivity contribution in [1.29, 1.82) is 0 Å². The summed E-state index contributed by atoms with van der Waals surface area (Å²) >= 11 is 0. The van der Waals surface area contributed by atoms with Gasteiger partial charge in [0.1, 0.15) is 0 Å². The van der Waals surface area contributed by atoms with Crippen LogP contribution in [0.4, 0.5) is 0 Å². The van der Waals surface area contributed by atoms with Crippen molar-refractivity contribution in [2.75, 3.05) is 0 Å². The molecule has 1 aromatic carbocycles. The van der Waals surface area contributed by atoms with E-state index in [1.807, 2.05) is 12.1 Å². The van der Waals surface area contributed by atoms with Crippen molar-refractivity contribution >= 4 is 5.97 Å². The number of carboxylic acid groups (broad SMARTS) is 1. The second kappa shape index (κ2) is 9.57. The van der Waals surface area contributed by atoms with Crippen LogP contribution < -0.4 is 0 Å². The van der Waals surface area contributed by atoms with Crippen molar-refractivity contribution in [3.63, 3.8) is 0 Å². The highest BCUT2D eigenvalue weighted by Gasteiger charge is 2.07. The second-order valence-electron chi connectivity index (χ2n) is 5.74. The van der Waals surface area contributed by atoms with Crippen molar-refractivity contribution in [2.45, 2.75) is 71.1 Å². The Balaban J connectivity index is 2.22. The van der Waals surface area contributed by atoms with Gasteiger partial charge in [0.25, 0.3) is 0 Å². The van der Waals surface area contributed by atoms with Gasteiger partial charge in [0, 0.05) is 0 Å². The minimum atomic E-state index is -0.851. The summed E-state index contributed by atoms with van der Waals surface area (Å²) < 4.78 is 0. The van der Waals surface area contributed by atoms with E-state index >= 15 is 0 Å². The van der Waals surface area contributed by atoms with Gasteiger partial charge in [0.15, 0.2) is 0 Å². The highest BCUT2D eigenvalue weighted by Crippen LogP contribution is 2.22. The number of rotatable bonds is 10. The minimum absolute atomic E-state index is 0.372. The molecule has 0 amide bonds. The van der Waals surface area contributed by atoms with E-state index in [1.54, 1.807) is 12.1 Å². The Morgan fingerprint density at radius 1 is 1.00 bits per heavy atom. The predicted octanol–water partition coefficient (Wildman–Crippen LogP) is 5.63. The van der Waals surface area contributed by atoms with Gasteiger partial charge in [-0.15, -0.1) is 0 Å². The molecule has 112 valence electrons. The highest BCUT2D eigenvalue weighted by molar-refractivity contribution is 5.87. The number of unbranched alkanes of at least 4 members (excludes halogenated alkanes) is 6. The fourth-order valence-corrected chi connectivity index (χ4v) is 2.53. The summed E-state index contributed by atoms with van der Waals surface area (Å²) in [6, 6.07) is 7.32. The molecule has 0 spiro atoms. The number of carboxylic acids is 1. The predicted molar refractivity (Wildman–Crippen MR) is 84.4 cm³/mol. The normalized spacial score (nSPS) is 12.3. The van der Waals surface area contributed by atoms with Crippen LogP contribution in [0, 0.1) is 0 Å². The third-order valence-electron chi connectivity index (χ3n) is 3.97. The Bertz CT molecular complexity index is 381. The molecule has 0 radical (unpaired) electrons. The van der Waals surface area contributed by atoms with Crippen LogP contribution in [0.1, 0.15) is 87.1 Å². The molecule has 1 atom stereocenters. The molecule has 0 aliphatic heterocycles. The molecule has 0 saturated heterocycles. The molecule has 1 unspecified atom stereocenters. The van der Waals surface area contributed by atoms with E-state index in [9.17, 15) is 4.79 Å². The van der Waals surface area contributed by atoms with Gasteiger partial charge in [-0.25, -0.2) is 4.79 Å². The minimum Gasteiger partial charge on any atom is -0.478 e. The molecule has 2 heteroatoms. The lowest BCUT2D eigenvalue weighted by atomic mass is 9.94. The van der Waals surface area contributed by atoms with Crippen LogP contribution in [0.3, 0.4) is 0 Å². The van der Waals surface area contributed by atoms with Crippen molar-refractivity contribution in [2.24, 2.45) is 0 Å². The van der Waals surface area contributed by atoms with Gasteiger partial charge in [-0.1, -0.05) is 70.9 Å². The monoisotopic (exact) mass is 276 g/mol.